The Hall–Kier alpha value is -5.66. The Bertz CT molecular complexity index is 4110. The van der Waals surface area contributed by atoms with E-state index in [9.17, 15) is 13.7 Å². The van der Waals surface area contributed by atoms with Crippen LogP contribution in [0, 0.1) is 0 Å². The van der Waals surface area contributed by atoms with E-state index < -0.39 is 256 Å². The van der Waals surface area contributed by atoms with Gasteiger partial charge in [0.2, 0.25) is 0 Å². The molecule has 1 aliphatic rings. The fraction of sp³-hybridized carbons (Fsp3) is 0.0667. The molecule has 1 heterocycles. The van der Waals surface area contributed by atoms with Crippen molar-refractivity contribution in [2.75, 3.05) is 0 Å². The number of fused-ring (bicyclic) bond motifs is 9. The average Bonchev–Trinajstić information content (AvgIpc) is 3.88. The highest BCUT2D eigenvalue weighted by Gasteiger charge is 2.35. The summed E-state index contributed by atoms with van der Waals surface area (Å²) in [5.74, 6) is 0. The molecule has 1 aromatic heterocycles. The predicted octanol–water partition coefficient (Wildman–Crippen LogP) is 12.7. The molecule has 46 heavy (non-hydrogen) atoms. The summed E-state index contributed by atoms with van der Waals surface area (Å²) in [6.45, 7) is -2.25. The summed E-state index contributed by atoms with van der Waals surface area (Å²) >= 11 is 0. The SMILES string of the molecule is [2H]c1c([2H])c([2H])c2c(c1[2H])-c1c([2H])c([2H])c(-c3c4c([2H])c([2H])c([2H])c([2H])c4c(-c4c([2H])c([2H])c([2H])c5oc6c([2H])c7c([2H])c([2H])c([2H])c([2H])c7c([2H])c6c45)c4c([2H])c([2H])c([2H])c([2H])c34)c([2H])c1C2(C)C([2H])([2H])[2H]. The fourth-order valence-electron chi connectivity index (χ4n) is 6.32. The highest BCUT2D eigenvalue weighted by molar-refractivity contribution is 6.26. The lowest BCUT2D eigenvalue weighted by atomic mass is 9.80. The minimum absolute atomic E-state index is 0.479. The van der Waals surface area contributed by atoms with Gasteiger partial charge in [0.1, 0.15) is 11.2 Å². The maximum atomic E-state index is 9.97. The third-order valence-corrected chi connectivity index (χ3v) is 8.32. The van der Waals surface area contributed by atoms with Crippen molar-refractivity contribution in [1.82, 2.24) is 0 Å². The number of benzene rings is 8. The van der Waals surface area contributed by atoms with Crippen LogP contribution in [-0.2, 0) is 5.41 Å². The Morgan fingerprint density at radius 3 is 1.85 bits per heavy atom. The Kier molecular flexibility index (Phi) is 2.14. The van der Waals surface area contributed by atoms with E-state index in [2.05, 4.69) is 0 Å². The van der Waals surface area contributed by atoms with Crippen LogP contribution in [0.3, 0.4) is 0 Å². The Morgan fingerprint density at radius 2 is 1.11 bits per heavy atom. The van der Waals surface area contributed by atoms with Crippen molar-refractivity contribution in [3.05, 3.63) is 156 Å². The summed E-state index contributed by atoms with van der Waals surface area (Å²) in [7, 11) is 0. The Balaban J connectivity index is 1.54. The minimum Gasteiger partial charge on any atom is -0.456 e. The van der Waals surface area contributed by atoms with Crippen molar-refractivity contribution in [1.29, 1.82) is 0 Å². The molecule has 0 saturated carbocycles. The molecule has 216 valence electrons. The number of furan rings is 1. The number of hydrogen-bond acceptors (Lipinski definition) is 1. The van der Waals surface area contributed by atoms with E-state index >= 15 is 0 Å². The van der Waals surface area contributed by atoms with Gasteiger partial charge in [-0.15, -0.1) is 0 Å². The molecule has 0 bridgehead atoms. The Labute approximate surface area is 305 Å². The molecule has 0 fully saturated rings. The second-order valence-corrected chi connectivity index (χ2v) is 10.9. The highest BCUT2D eigenvalue weighted by Crippen LogP contribution is 2.52. The molecular weight excluding hydrogens is 556 g/mol. The normalized spacial score (nSPS) is 24.2. The molecule has 1 atom stereocenters. The second-order valence-electron chi connectivity index (χ2n) is 10.9. The standard InChI is InChI=1S/C45H30O/c1-45(2)38-20-10-9-14-30(38)31-23-22-29(25-39(31)45)42-32-15-5-7-17-34(32)43(35-18-8-6-16-33(35)42)36-19-11-21-40-44(36)37-24-27-12-3-4-13-28(27)26-41(37)46-40/h3-26H,1-2H3/i1D3,3D,4D,5D,6D,7D,8D,9D,10D,11D,12D,13D,14D,15D,16D,17D,18D,19D,20D,21D,22D,23D,24D,25D,26D. The van der Waals surface area contributed by atoms with Gasteiger partial charge < -0.3 is 4.42 Å². The third kappa shape index (κ3) is 3.40. The van der Waals surface area contributed by atoms with Gasteiger partial charge in [-0.05, 0) is 101 Å². The zero-order valence-electron chi connectivity index (χ0n) is 50.4. The van der Waals surface area contributed by atoms with E-state index in [0.717, 1.165) is 6.92 Å². The van der Waals surface area contributed by atoms with Crippen molar-refractivity contribution in [2.45, 2.75) is 19.2 Å². The van der Waals surface area contributed by atoms with Gasteiger partial charge in [0.05, 0.1) is 32.9 Å². The number of rotatable bonds is 2. The lowest BCUT2D eigenvalue weighted by Gasteiger charge is -2.23. The van der Waals surface area contributed by atoms with Crippen LogP contribution < -0.4 is 0 Å². The van der Waals surface area contributed by atoms with Crippen LogP contribution in [-0.4, -0.2) is 0 Å². The van der Waals surface area contributed by atoms with Crippen LogP contribution in [0.25, 0.3) is 87.6 Å². The van der Waals surface area contributed by atoms with E-state index in [-0.39, 0.29) is 0 Å². The van der Waals surface area contributed by atoms with E-state index in [1.165, 1.54) is 0 Å². The molecule has 0 amide bonds. The fourth-order valence-corrected chi connectivity index (χ4v) is 6.32. The van der Waals surface area contributed by atoms with Gasteiger partial charge in [-0.2, -0.15) is 0 Å². The van der Waals surface area contributed by atoms with E-state index in [1.54, 1.807) is 0 Å². The smallest absolute Gasteiger partial charge is 0.136 e. The zero-order chi connectivity index (χ0) is 54.0. The van der Waals surface area contributed by atoms with Crippen molar-refractivity contribution < 1.29 is 41.4 Å². The van der Waals surface area contributed by atoms with Crippen LogP contribution in [0.1, 0.15) is 61.9 Å². The molecule has 1 unspecified atom stereocenters. The summed E-state index contributed by atoms with van der Waals surface area (Å²) in [4.78, 5) is 0. The molecule has 9 aromatic rings. The van der Waals surface area contributed by atoms with Gasteiger partial charge in [-0.1, -0.05) is 135 Å². The molecule has 1 aliphatic carbocycles. The molecule has 0 spiro atoms. The first-order chi connectivity index (χ1) is 33.8. The van der Waals surface area contributed by atoms with E-state index in [1.807, 2.05) is 0 Å². The van der Waals surface area contributed by atoms with Crippen LogP contribution in [0.5, 0.6) is 0 Å². The average molecular weight is 614 g/mol. The predicted molar refractivity (Wildman–Crippen MR) is 195 cm³/mol. The molecule has 0 saturated heterocycles. The summed E-state index contributed by atoms with van der Waals surface area (Å²) < 4.78 is 251. The van der Waals surface area contributed by atoms with Crippen LogP contribution in [0.15, 0.2) is 149 Å². The second kappa shape index (κ2) is 9.19. The molecule has 1 heteroatoms. The van der Waals surface area contributed by atoms with Crippen molar-refractivity contribution in [2.24, 2.45) is 0 Å². The van der Waals surface area contributed by atoms with Crippen molar-refractivity contribution in [3.8, 4) is 33.4 Å². The largest absolute Gasteiger partial charge is 0.456 e. The highest BCUT2D eigenvalue weighted by atomic mass is 16.3. The van der Waals surface area contributed by atoms with Gasteiger partial charge in [-0.25, -0.2) is 0 Å². The topological polar surface area (TPSA) is 13.1 Å². The summed E-state index contributed by atoms with van der Waals surface area (Å²) in [5.41, 5.74) is -9.00. The zero-order valence-corrected chi connectivity index (χ0v) is 23.4. The first-order valence-electron chi connectivity index (χ1n) is 27.4. The first-order valence-corrected chi connectivity index (χ1v) is 13.9. The molecule has 8 aromatic carbocycles. The van der Waals surface area contributed by atoms with Gasteiger partial charge in [0, 0.05) is 20.3 Å². The van der Waals surface area contributed by atoms with Gasteiger partial charge in [-0.3, -0.25) is 0 Å². The molecule has 0 N–H and O–H groups in total. The van der Waals surface area contributed by atoms with Crippen LogP contribution in [0.4, 0.5) is 0 Å². The van der Waals surface area contributed by atoms with Gasteiger partial charge in [0.15, 0.2) is 0 Å². The Morgan fingerprint density at radius 1 is 0.500 bits per heavy atom. The van der Waals surface area contributed by atoms with Crippen molar-refractivity contribution in [3.63, 3.8) is 0 Å². The maximum absolute atomic E-state index is 9.97. The minimum atomic E-state index is -3.30. The molecular formula is C45H30O. The first kappa shape index (κ1) is 10.7. The molecule has 10 rings (SSSR count). The molecule has 1 nitrogen and oxygen atoms in total. The lowest BCUT2D eigenvalue weighted by Crippen LogP contribution is -2.14. The third-order valence-electron chi connectivity index (χ3n) is 8.32. The van der Waals surface area contributed by atoms with Crippen LogP contribution >= 0.6 is 0 Å². The molecule has 0 radical (unpaired) electrons. The quantitative estimate of drug-likeness (QED) is 0.177. The monoisotopic (exact) mass is 613 g/mol. The van der Waals surface area contributed by atoms with Gasteiger partial charge in [0.25, 0.3) is 0 Å². The summed E-state index contributed by atoms with van der Waals surface area (Å²) in [5, 5.41) is -4.98. The summed E-state index contributed by atoms with van der Waals surface area (Å²) in [6, 6.07) is -21.5. The van der Waals surface area contributed by atoms with E-state index in [0.29, 0.717) is 0 Å². The van der Waals surface area contributed by atoms with Crippen molar-refractivity contribution >= 4 is 54.3 Å². The maximum Gasteiger partial charge on any atom is 0.136 e. The lowest BCUT2D eigenvalue weighted by molar-refractivity contribution is 0.660. The van der Waals surface area contributed by atoms with E-state index in [4.69, 9.17) is 27.7 Å². The molecule has 0 aliphatic heterocycles. The van der Waals surface area contributed by atoms with Crippen LogP contribution in [0.2, 0.25) is 0 Å². The summed E-state index contributed by atoms with van der Waals surface area (Å²) in [6.07, 6.45) is 0. The van der Waals surface area contributed by atoms with Gasteiger partial charge >= 0.3 is 0 Å². The number of hydrogen-bond donors (Lipinski definition) is 0.